The van der Waals surface area contributed by atoms with Gasteiger partial charge in [0.05, 0.1) is 6.04 Å². The number of nitrogens with zero attached hydrogens (tertiary/aromatic N) is 2. The maximum absolute atomic E-state index is 12.8. The van der Waals surface area contributed by atoms with Crippen LogP contribution < -0.4 is 16.0 Å². The number of nitrogens with one attached hydrogen (secondary N) is 3. The van der Waals surface area contributed by atoms with Crippen LogP contribution in [0, 0.1) is 19.8 Å². The predicted molar refractivity (Wildman–Crippen MR) is 117 cm³/mol. The number of rotatable bonds is 5. The van der Waals surface area contributed by atoms with E-state index in [0.717, 1.165) is 16.9 Å². The van der Waals surface area contributed by atoms with Crippen molar-refractivity contribution in [2.24, 2.45) is 5.92 Å². The minimum absolute atomic E-state index is 0.0586. The van der Waals surface area contributed by atoms with Gasteiger partial charge >= 0.3 is 6.03 Å². The lowest BCUT2D eigenvalue weighted by Gasteiger charge is -2.40. The summed E-state index contributed by atoms with van der Waals surface area (Å²) in [5.74, 6) is 0.268. The summed E-state index contributed by atoms with van der Waals surface area (Å²) < 4.78 is 0. The maximum atomic E-state index is 12.8. The van der Waals surface area contributed by atoms with E-state index in [1.54, 1.807) is 29.2 Å². The quantitative estimate of drug-likeness (QED) is 0.643. The van der Waals surface area contributed by atoms with Crippen molar-refractivity contribution in [1.82, 2.24) is 20.5 Å². The fraction of sp³-hybridized carbons (Fsp3) is 0.391. The highest BCUT2D eigenvalue weighted by Crippen LogP contribution is 2.33. The molecule has 1 aromatic carbocycles. The number of urea groups is 1. The lowest BCUT2D eigenvalue weighted by molar-refractivity contribution is -0.125. The number of carbonyl (C=O) groups is 3. The molecule has 3 N–H and O–H groups in total. The third-order valence-electron chi connectivity index (χ3n) is 6.07. The summed E-state index contributed by atoms with van der Waals surface area (Å²) in [7, 11) is 0. The molecule has 4 rings (SSSR count). The number of imide groups is 1. The van der Waals surface area contributed by atoms with Crippen molar-refractivity contribution in [2.75, 3.05) is 18.4 Å². The molecule has 31 heavy (non-hydrogen) atoms. The van der Waals surface area contributed by atoms with Crippen molar-refractivity contribution in [3.63, 3.8) is 0 Å². The van der Waals surface area contributed by atoms with Crippen LogP contribution >= 0.6 is 0 Å². The van der Waals surface area contributed by atoms with Crippen LogP contribution in [-0.4, -0.2) is 46.9 Å². The van der Waals surface area contributed by atoms with E-state index in [4.69, 9.17) is 0 Å². The first-order valence-corrected chi connectivity index (χ1v) is 10.4. The lowest BCUT2D eigenvalue weighted by Crippen LogP contribution is -2.57. The van der Waals surface area contributed by atoms with Gasteiger partial charge in [-0.25, -0.2) is 9.78 Å². The first-order valence-electron chi connectivity index (χ1n) is 10.4. The number of pyridine rings is 1. The number of hydrogen-bond acceptors (Lipinski definition) is 5. The molecule has 2 saturated heterocycles. The molecule has 4 amide bonds. The SMILES string of the molecule is Cc1cnc(NC2CN(C(=O)c3ccc(C4(C(C)C)NC(=O)NC4=O)cc3)C2)c(C)c1. The molecule has 0 radical (unpaired) electrons. The molecule has 1 aromatic heterocycles. The molecule has 1 unspecified atom stereocenters. The summed E-state index contributed by atoms with van der Waals surface area (Å²) in [5, 5.41) is 8.46. The summed E-state index contributed by atoms with van der Waals surface area (Å²) in [6, 6.07) is 8.66. The van der Waals surface area contributed by atoms with Gasteiger partial charge in [-0.05, 0) is 48.6 Å². The van der Waals surface area contributed by atoms with E-state index in [9.17, 15) is 14.4 Å². The normalized spacial score (nSPS) is 21.0. The average Bonchev–Trinajstić information content (AvgIpc) is 3.00. The summed E-state index contributed by atoms with van der Waals surface area (Å²) >= 11 is 0. The molecule has 2 fully saturated rings. The first kappa shape index (κ1) is 20.8. The van der Waals surface area contributed by atoms with E-state index >= 15 is 0 Å². The van der Waals surface area contributed by atoms with Gasteiger partial charge < -0.3 is 15.5 Å². The monoisotopic (exact) mass is 421 g/mol. The number of hydrogen-bond donors (Lipinski definition) is 3. The zero-order valence-corrected chi connectivity index (χ0v) is 18.2. The number of benzene rings is 1. The second kappa shape index (κ2) is 7.68. The van der Waals surface area contributed by atoms with Gasteiger partial charge in [0, 0.05) is 24.8 Å². The highest BCUT2D eigenvalue weighted by atomic mass is 16.2. The van der Waals surface area contributed by atoms with Gasteiger partial charge in [-0.1, -0.05) is 32.0 Å². The minimum atomic E-state index is -1.12. The Kier molecular flexibility index (Phi) is 5.16. The van der Waals surface area contributed by atoms with Gasteiger partial charge in [-0.2, -0.15) is 0 Å². The van der Waals surface area contributed by atoms with E-state index in [0.29, 0.717) is 24.2 Å². The summed E-state index contributed by atoms with van der Waals surface area (Å²) in [6.07, 6.45) is 1.83. The average molecular weight is 422 g/mol. The zero-order chi connectivity index (χ0) is 22.3. The van der Waals surface area contributed by atoms with Crippen LogP contribution in [0.2, 0.25) is 0 Å². The summed E-state index contributed by atoms with van der Waals surface area (Å²) in [6.45, 7) is 8.98. The van der Waals surface area contributed by atoms with Crippen LogP contribution in [0.25, 0.3) is 0 Å². The highest BCUT2D eigenvalue weighted by molar-refractivity contribution is 6.07. The fourth-order valence-electron chi connectivity index (χ4n) is 4.27. The lowest BCUT2D eigenvalue weighted by atomic mass is 9.79. The number of aromatic nitrogens is 1. The number of carbonyl (C=O) groups excluding carboxylic acids is 3. The Hall–Kier alpha value is -3.42. The molecule has 162 valence electrons. The van der Waals surface area contributed by atoms with Crippen LogP contribution in [0.1, 0.15) is 40.9 Å². The van der Waals surface area contributed by atoms with E-state index in [1.807, 2.05) is 33.9 Å². The van der Waals surface area contributed by atoms with Crippen LogP contribution in [0.4, 0.5) is 10.6 Å². The molecule has 2 aromatic rings. The van der Waals surface area contributed by atoms with E-state index in [-0.39, 0.29) is 23.8 Å². The van der Waals surface area contributed by atoms with Crippen LogP contribution in [0.15, 0.2) is 36.5 Å². The smallest absolute Gasteiger partial charge is 0.322 e. The molecule has 0 bridgehead atoms. The van der Waals surface area contributed by atoms with Gasteiger partial charge in [0.15, 0.2) is 0 Å². The van der Waals surface area contributed by atoms with Gasteiger partial charge in [0.2, 0.25) is 0 Å². The Bertz CT molecular complexity index is 1040. The molecular formula is C23H27N5O3. The number of aryl methyl sites for hydroxylation is 2. The molecule has 8 heteroatoms. The number of anilines is 1. The van der Waals surface area contributed by atoms with Gasteiger partial charge in [-0.3, -0.25) is 14.9 Å². The molecular weight excluding hydrogens is 394 g/mol. The Labute approximate surface area is 181 Å². The third-order valence-corrected chi connectivity index (χ3v) is 6.07. The van der Waals surface area contributed by atoms with Crippen molar-refractivity contribution in [3.8, 4) is 0 Å². The van der Waals surface area contributed by atoms with E-state index in [1.165, 1.54) is 0 Å². The van der Waals surface area contributed by atoms with Crippen LogP contribution in [-0.2, 0) is 10.3 Å². The van der Waals surface area contributed by atoms with Crippen molar-refractivity contribution < 1.29 is 14.4 Å². The molecule has 0 saturated carbocycles. The van der Waals surface area contributed by atoms with Gasteiger partial charge in [-0.15, -0.1) is 0 Å². The Balaban J connectivity index is 1.41. The standard InChI is InChI=1S/C23H27N5O3/c1-13(2)23(21(30)26-22(31)27-23)17-7-5-16(6-8-17)20(29)28-11-18(12-28)25-19-15(4)9-14(3)10-24-19/h5-10,13,18H,11-12H2,1-4H3,(H,24,25)(H2,26,27,30,31). The Morgan fingerprint density at radius 2 is 1.87 bits per heavy atom. The largest absolute Gasteiger partial charge is 0.364 e. The predicted octanol–water partition coefficient (Wildman–Crippen LogP) is 2.33. The molecule has 8 nitrogen and oxygen atoms in total. The summed E-state index contributed by atoms with van der Waals surface area (Å²) in [5.41, 5.74) is 2.29. The fourth-order valence-corrected chi connectivity index (χ4v) is 4.27. The molecule has 0 spiro atoms. The molecule has 1 atom stereocenters. The van der Waals surface area contributed by atoms with Crippen molar-refractivity contribution in [2.45, 2.75) is 39.3 Å². The molecule has 3 heterocycles. The second-order valence-corrected chi connectivity index (χ2v) is 8.68. The van der Waals surface area contributed by atoms with E-state index in [2.05, 4.69) is 27.0 Å². The topological polar surface area (TPSA) is 103 Å². The van der Waals surface area contributed by atoms with Crippen molar-refractivity contribution >= 4 is 23.7 Å². The van der Waals surface area contributed by atoms with Crippen LogP contribution in [0.3, 0.4) is 0 Å². The van der Waals surface area contributed by atoms with Crippen molar-refractivity contribution in [3.05, 3.63) is 58.8 Å². The summed E-state index contributed by atoms with van der Waals surface area (Å²) in [4.78, 5) is 43.3. The van der Waals surface area contributed by atoms with Crippen molar-refractivity contribution in [1.29, 1.82) is 0 Å². The number of amides is 4. The van der Waals surface area contributed by atoms with Gasteiger partial charge in [0.1, 0.15) is 11.4 Å². The Morgan fingerprint density at radius 3 is 2.42 bits per heavy atom. The Morgan fingerprint density at radius 1 is 1.19 bits per heavy atom. The maximum Gasteiger partial charge on any atom is 0.322 e. The van der Waals surface area contributed by atoms with E-state index < -0.39 is 11.6 Å². The molecule has 2 aliphatic heterocycles. The first-order chi connectivity index (χ1) is 14.7. The number of likely N-dealkylation sites (tertiary alicyclic amines) is 1. The van der Waals surface area contributed by atoms with Crippen LogP contribution in [0.5, 0.6) is 0 Å². The third kappa shape index (κ3) is 3.62. The zero-order valence-electron chi connectivity index (χ0n) is 18.2. The highest BCUT2D eigenvalue weighted by Gasteiger charge is 2.50. The minimum Gasteiger partial charge on any atom is -0.364 e. The second-order valence-electron chi connectivity index (χ2n) is 8.68. The molecule has 2 aliphatic rings. The van der Waals surface area contributed by atoms with Gasteiger partial charge in [0.25, 0.3) is 11.8 Å². The molecule has 0 aliphatic carbocycles.